The number of carbonyl (C=O) groups excluding carboxylic acids is 2. The molecule has 0 saturated carbocycles. The van der Waals surface area contributed by atoms with Crippen LogP contribution in [0.1, 0.15) is 17.5 Å². The molecule has 0 aliphatic heterocycles. The van der Waals surface area contributed by atoms with Gasteiger partial charge in [0.15, 0.2) is 11.6 Å². The Labute approximate surface area is 170 Å². The van der Waals surface area contributed by atoms with Crippen molar-refractivity contribution in [2.24, 2.45) is 0 Å². The smallest absolute Gasteiger partial charge is 0.163 e. The Hall–Kier alpha value is -3.54. The summed E-state index contributed by atoms with van der Waals surface area (Å²) in [6.45, 7) is 0. The lowest BCUT2D eigenvalue weighted by Gasteiger charge is -2.09. The first-order valence-electron chi connectivity index (χ1n) is 8.87. The summed E-state index contributed by atoms with van der Waals surface area (Å²) in [5, 5.41) is 0. The lowest BCUT2D eigenvalue weighted by molar-refractivity contribution is -0.121. The van der Waals surface area contributed by atoms with E-state index in [4.69, 9.17) is 18.9 Å². The quantitative estimate of drug-likeness (QED) is 0.447. The van der Waals surface area contributed by atoms with Gasteiger partial charge in [0.25, 0.3) is 0 Å². The SMILES string of the molecule is COc1cccc(OC)c1C=CC(=O)CC(=O)C=Cc1c(OC)cccc1OC. The fraction of sp³-hybridized carbons (Fsp3) is 0.217. The highest BCUT2D eigenvalue weighted by atomic mass is 16.5. The molecular formula is C23H24O6. The summed E-state index contributed by atoms with van der Waals surface area (Å²) in [6.07, 6.45) is 5.59. The second-order valence-corrected chi connectivity index (χ2v) is 5.93. The third-order valence-corrected chi connectivity index (χ3v) is 4.15. The van der Waals surface area contributed by atoms with Crippen molar-refractivity contribution in [3.8, 4) is 23.0 Å². The van der Waals surface area contributed by atoms with Gasteiger partial charge in [-0.15, -0.1) is 0 Å². The Balaban J connectivity index is 2.10. The molecule has 2 aromatic rings. The zero-order valence-corrected chi connectivity index (χ0v) is 16.9. The van der Waals surface area contributed by atoms with E-state index < -0.39 is 0 Å². The second-order valence-electron chi connectivity index (χ2n) is 5.93. The van der Waals surface area contributed by atoms with Crippen LogP contribution in [0.4, 0.5) is 0 Å². The van der Waals surface area contributed by atoms with Gasteiger partial charge in [0.05, 0.1) is 46.0 Å². The Morgan fingerprint density at radius 1 is 0.655 bits per heavy atom. The number of allylic oxidation sites excluding steroid dienone is 2. The van der Waals surface area contributed by atoms with E-state index >= 15 is 0 Å². The summed E-state index contributed by atoms with van der Waals surface area (Å²) in [6, 6.07) is 10.6. The second kappa shape index (κ2) is 10.7. The van der Waals surface area contributed by atoms with Gasteiger partial charge >= 0.3 is 0 Å². The molecule has 0 N–H and O–H groups in total. The number of hydrogen-bond acceptors (Lipinski definition) is 6. The largest absolute Gasteiger partial charge is 0.496 e. The van der Waals surface area contributed by atoms with E-state index in [1.165, 1.54) is 40.6 Å². The van der Waals surface area contributed by atoms with Gasteiger partial charge in [0, 0.05) is 0 Å². The molecule has 0 aliphatic rings. The molecule has 6 nitrogen and oxygen atoms in total. The normalized spacial score (nSPS) is 10.9. The van der Waals surface area contributed by atoms with Crippen molar-refractivity contribution in [1.29, 1.82) is 0 Å². The predicted octanol–water partition coefficient (Wildman–Crippen LogP) is 3.98. The van der Waals surface area contributed by atoms with Crippen LogP contribution in [0.2, 0.25) is 0 Å². The number of hydrogen-bond donors (Lipinski definition) is 0. The van der Waals surface area contributed by atoms with Crippen molar-refractivity contribution < 1.29 is 28.5 Å². The molecule has 0 aromatic heterocycles. The predicted molar refractivity (Wildman–Crippen MR) is 112 cm³/mol. The Kier molecular flexibility index (Phi) is 8.03. The molecule has 0 fully saturated rings. The van der Waals surface area contributed by atoms with Crippen LogP contribution in [-0.2, 0) is 9.59 Å². The summed E-state index contributed by atoms with van der Waals surface area (Å²) >= 11 is 0. The van der Waals surface area contributed by atoms with Crippen LogP contribution in [0, 0.1) is 0 Å². The van der Waals surface area contributed by atoms with Crippen molar-refractivity contribution in [2.75, 3.05) is 28.4 Å². The van der Waals surface area contributed by atoms with Gasteiger partial charge in [-0.1, -0.05) is 12.1 Å². The summed E-state index contributed by atoms with van der Waals surface area (Å²) in [5.41, 5.74) is 1.26. The number of ether oxygens (including phenoxy) is 4. The van der Waals surface area contributed by atoms with Crippen LogP contribution in [0.3, 0.4) is 0 Å². The number of benzene rings is 2. The van der Waals surface area contributed by atoms with Gasteiger partial charge in [-0.2, -0.15) is 0 Å². The first kappa shape index (κ1) is 21.8. The molecule has 2 rings (SSSR count). The number of ketones is 2. The van der Waals surface area contributed by atoms with E-state index in [0.717, 1.165) is 0 Å². The molecule has 152 valence electrons. The average Bonchev–Trinajstić information content (AvgIpc) is 2.75. The Morgan fingerprint density at radius 3 is 1.24 bits per heavy atom. The van der Waals surface area contributed by atoms with Gasteiger partial charge < -0.3 is 18.9 Å². The minimum absolute atomic E-state index is 0.262. The monoisotopic (exact) mass is 396 g/mol. The molecule has 0 spiro atoms. The summed E-state index contributed by atoms with van der Waals surface area (Å²) in [7, 11) is 6.14. The lowest BCUT2D eigenvalue weighted by atomic mass is 10.1. The van der Waals surface area contributed by atoms with Crippen molar-refractivity contribution in [3.63, 3.8) is 0 Å². The van der Waals surface area contributed by atoms with E-state index in [0.29, 0.717) is 34.1 Å². The molecule has 2 aromatic carbocycles. The first-order valence-corrected chi connectivity index (χ1v) is 8.87. The molecule has 6 heteroatoms. The molecule has 29 heavy (non-hydrogen) atoms. The zero-order valence-electron chi connectivity index (χ0n) is 16.9. The maximum Gasteiger partial charge on any atom is 0.163 e. The summed E-state index contributed by atoms with van der Waals surface area (Å²) < 4.78 is 21.2. The molecule has 0 heterocycles. The Bertz CT molecular complexity index is 807. The molecule has 0 unspecified atom stereocenters. The maximum absolute atomic E-state index is 12.2. The fourth-order valence-electron chi connectivity index (χ4n) is 2.73. The maximum atomic E-state index is 12.2. The zero-order chi connectivity index (χ0) is 21.2. The van der Waals surface area contributed by atoms with E-state index in [9.17, 15) is 9.59 Å². The fourth-order valence-corrected chi connectivity index (χ4v) is 2.73. The standard InChI is InChI=1S/C23H24O6/c1-26-20-7-5-8-21(27-2)18(20)13-11-16(24)15-17(25)12-14-19-22(28-3)9-6-10-23(19)29-4/h5-14H,15H2,1-4H3. The van der Waals surface area contributed by atoms with Crippen LogP contribution >= 0.6 is 0 Å². The molecule has 0 aliphatic carbocycles. The number of rotatable bonds is 10. The molecular weight excluding hydrogens is 372 g/mol. The highest BCUT2D eigenvalue weighted by Gasteiger charge is 2.10. The van der Waals surface area contributed by atoms with Crippen LogP contribution in [-0.4, -0.2) is 40.0 Å². The minimum Gasteiger partial charge on any atom is -0.496 e. The molecule has 0 bridgehead atoms. The highest BCUT2D eigenvalue weighted by Crippen LogP contribution is 2.30. The van der Waals surface area contributed by atoms with Crippen molar-refractivity contribution in [3.05, 3.63) is 59.7 Å². The van der Waals surface area contributed by atoms with E-state index in [1.54, 1.807) is 48.6 Å². The van der Waals surface area contributed by atoms with Crippen molar-refractivity contribution in [1.82, 2.24) is 0 Å². The third kappa shape index (κ3) is 5.72. The van der Waals surface area contributed by atoms with Crippen LogP contribution in [0.5, 0.6) is 23.0 Å². The molecule has 0 atom stereocenters. The molecule has 0 radical (unpaired) electrons. The minimum atomic E-state index is -0.334. The first-order chi connectivity index (χ1) is 14.0. The van der Waals surface area contributed by atoms with Crippen LogP contribution in [0.15, 0.2) is 48.6 Å². The van der Waals surface area contributed by atoms with Crippen molar-refractivity contribution >= 4 is 23.7 Å². The topological polar surface area (TPSA) is 71.1 Å². The third-order valence-electron chi connectivity index (χ3n) is 4.15. The van der Waals surface area contributed by atoms with Gasteiger partial charge in [-0.3, -0.25) is 9.59 Å². The number of methoxy groups -OCH3 is 4. The van der Waals surface area contributed by atoms with Gasteiger partial charge in [-0.05, 0) is 48.6 Å². The Morgan fingerprint density at radius 2 is 0.966 bits per heavy atom. The average molecular weight is 396 g/mol. The van der Waals surface area contributed by atoms with E-state index in [-0.39, 0.29) is 18.0 Å². The van der Waals surface area contributed by atoms with E-state index in [2.05, 4.69) is 0 Å². The molecule has 0 saturated heterocycles. The van der Waals surface area contributed by atoms with Crippen molar-refractivity contribution in [2.45, 2.75) is 6.42 Å². The van der Waals surface area contributed by atoms with Gasteiger partial charge in [0.2, 0.25) is 0 Å². The van der Waals surface area contributed by atoms with Crippen LogP contribution in [0.25, 0.3) is 12.2 Å². The van der Waals surface area contributed by atoms with E-state index in [1.807, 2.05) is 0 Å². The van der Waals surface area contributed by atoms with Gasteiger partial charge in [-0.25, -0.2) is 0 Å². The highest BCUT2D eigenvalue weighted by molar-refractivity contribution is 6.11. The summed E-state index contributed by atoms with van der Waals surface area (Å²) in [5.74, 6) is 1.62. The van der Waals surface area contributed by atoms with Crippen LogP contribution < -0.4 is 18.9 Å². The van der Waals surface area contributed by atoms with Gasteiger partial charge in [0.1, 0.15) is 23.0 Å². The molecule has 0 amide bonds. The summed E-state index contributed by atoms with van der Waals surface area (Å²) in [4.78, 5) is 24.4. The lowest BCUT2D eigenvalue weighted by Crippen LogP contribution is -2.02. The number of carbonyl (C=O) groups is 2.